The van der Waals surface area contributed by atoms with Crippen LogP contribution in [0.4, 0.5) is 11.4 Å². The summed E-state index contributed by atoms with van der Waals surface area (Å²) in [6, 6.07) is 24.0. The maximum Gasteiger partial charge on any atom is 0.262 e. The molecule has 3 aromatic carbocycles. The Morgan fingerprint density at radius 2 is 1.60 bits per heavy atom. The molecule has 4 rings (SSSR count). The minimum atomic E-state index is -0.233. The van der Waals surface area contributed by atoms with Crippen molar-refractivity contribution in [1.82, 2.24) is 0 Å². The monoisotopic (exact) mass is 440 g/mol. The van der Waals surface area contributed by atoms with Crippen molar-refractivity contribution in [2.75, 3.05) is 10.2 Å². The Balaban J connectivity index is 1.85. The molecule has 1 atom stereocenters. The average molecular weight is 440 g/mol. The molecule has 3 nitrogen and oxygen atoms in total. The standard InChI is InChI=1S/C21H17IN2O/c1-14-6-8-15(9-7-14)20-23-19-5-3-2-4-18(19)21(25)24(20)17-12-10-16(22)11-13-17/h2-13,20,23H,1H3/t20-/m0/s1. The fraction of sp³-hybridized carbons (Fsp3) is 0.0952. The lowest BCUT2D eigenvalue weighted by Crippen LogP contribution is -2.43. The van der Waals surface area contributed by atoms with E-state index in [0.29, 0.717) is 5.56 Å². The van der Waals surface area contributed by atoms with Gasteiger partial charge in [0, 0.05) is 14.9 Å². The maximum atomic E-state index is 13.2. The van der Waals surface area contributed by atoms with E-state index >= 15 is 0 Å². The second kappa shape index (κ2) is 6.52. The molecule has 1 N–H and O–H groups in total. The van der Waals surface area contributed by atoms with Crippen LogP contribution in [-0.2, 0) is 0 Å². The van der Waals surface area contributed by atoms with E-state index in [1.807, 2.05) is 53.4 Å². The molecule has 1 aliphatic heterocycles. The van der Waals surface area contributed by atoms with Crippen LogP contribution in [0.2, 0.25) is 0 Å². The summed E-state index contributed by atoms with van der Waals surface area (Å²) in [7, 11) is 0. The van der Waals surface area contributed by atoms with Gasteiger partial charge in [0.15, 0.2) is 0 Å². The fourth-order valence-corrected chi connectivity index (χ4v) is 3.46. The summed E-state index contributed by atoms with van der Waals surface area (Å²) in [5.41, 5.74) is 4.72. The third kappa shape index (κ3) is 3.02. The summed E-state index contributed by atoms with van der Waals surface area (Å²) in [6.07, 6.45) is -0.233. The predicted octanol–water partition coefficient (Wildman–Crippen LogP) is 5.37. The number of rotatable bonds is 2. The minimum Gasteiger partial charge on any atom is -0.360 e. The van der Waals surface area contributed by atoms with Crippen LogP contribution < -0.4 is 10.2 Å². The molecule has 1 heterocycles. The highest BCUT2D eigenvalue weighted by molar-refractivity contribution is 14.1. The van der Waals surface area contributed by atoms with Gasteiger partial charge in [0.1, 0.15) is 6.17 Å². The van der Waals surface area contributed by atoms with Crippen LogP contribution in [0, 0.1) is 10.5 Å². The number of nitrogens with one attached hydrogen (secondary N) is 1. The van der Waals surface area contributed by atoms with Crippen molar-refractivity contribution in [3.05, 3.63) is 93.1 Å². The maximum absolute atomic E-state index is 13.2. The van der Waals surface area contributed by atoms with Gasteiger partial charge >= 0.3 is 0 Å². The first-order valence-electron chi connectivity index (χ1n) is 8.15. The van der Waals surface area contributed by atoms with E-state index in [1.165, 1.54) is 5.56 Å². The highest BCUT2D eigenvalue weighted by atomic mass is 127. The molecule has 1 aliphatic rings. The topological polar surface area (TPSA) is 32.3 Å². The number of para-hydroxylation sites is 1. The van der Waals surface area contributed by atoms with Gasteiger partial charge < -0.3 is 5.32 Å². The molecule has 0 saturated heterocycles. The van der Waals surface area contributed by atoms with Gasteiger partial charge in [-0.25, -0.2) is 0 Å². The molecule has 0 unspecified atom stereocenters. The van der Waals surface area contributed by atoms with Crippen molar-refractivity contribution < 1.29 is 4.79 Å². The number of halogens is 1. The summed E-state index contributed by atoms with van der Waals surface area (Å²) in [5, 5.41) is 3.53. The van der Waals surface area contributed by atoms with E-state index in [0.717, 1.165) is 20.5 Å². The molecule has 0 aliphatic carbocycles. The van der Waals surface area contributed by atoms with Crippen LogP contribution in [-0.4, -0.2) is 5.91 Å². The number of hydrogen-bond acceptors (Lipinski definition) is 2. The van der Waals surface area contributed by atoms with Gasteiger partial charge in [-0.2, -0.15) is 0 Å². The third-order valence-corrected chi connectivity index (χ3v) is 5.14. The van der Waals surface area contributed by atoms with Gasteiger partial charge in [0.25, 0.3) is 5.91 Å². The molecular weight excluding hydrogens is 423 g/mol. The Morgan fingerprint density at radius 3 is 2.32 bits per heavy atom. The molecular formula is C21H17IN2O. The summed E-state index contributed by atoms with van der Waals surface area (Å²) in [5.74, 6) is 0.0149. The third-order valence-electron chi connectivity index (χ3n) is 4.42. The number of fused-ring (bicyclic) bond motifs is 1. The van der Waals surface area contributed by atoms with E-state index < -0.39 is 0 Å². The Labute approximate surface area is 160 Å². The number of nitrogens with zero attached hydrogens (tertiary/aromatic N) is 1. The normalized spacial score (nSPS) is 16.3. The van der Waals surface area contributed by atoms with Crippen LogP contribution in [0.3, 0.4) is 0 Å². The van der Waals surface area contributed by atoms with Crippen molar-refractivity contribution in [1.29, 1.82) is 0 Å². The van der Waals surface area contributed by atoms with Crippen LogP contribution >= 0.6 is 22.6 Å². The summed E-state index contributed by atoms with van der Waals surface area (Å²) >= 11 is 2.27. The van der Waals surface area contributed by atoms with Gasteiger partial charge in [0.2, 0.25) is 0 Å². The number of hydrogen-bond donors (Lipinski definition) is 1. The van der Waals surface area contributed by atoms with Gasteiger partial charge in [-0.15, -0.1) is 0 Å². The van der Waals surface area contributed by atoms with E-state index in [4.69, 9.17) is 0 Å². The van der Waals surface area contributed by atoms with E-state index in [9.17, 15) is 4.79 Å². The Bertz CT molecular complexity index is 919. The molecule has 3 aromatic rings. The first-order chi connectivity index (χ1) is 12.1. The van der Waals surface area contributed by atoms with E-state index in [1.54, 1.807) is 0 Å². The van der Waals surface area contributed by atoms with Crippen LogP contribution in [0.5, 0.6) is 0 Å². The largest absolute Gasteiger partial charge is 0.360 e. The Morgan fingerprint density at radius 1 is 0.920 bits per heavy atom. The van der Waals surface area contributed by atoms with Crippen molar-refractivity contribution >= 4 is 39.9 Å². The van der Waals surface area contributed by atoms with E-state index in [-0.39, 0.29) is 12.1 Å². The molecule has 4 heteroatoms. The molecule has 0 fully saturated rings. The summed E-state index contributed by atoms with van der Waals surface area (Å²) in [4.78, 5) is 15.1. The summed E-state index contributed by atoms with van der Waals surface area (Å²) in [6.45, 7) is 2.06. The lowest BCUT2D eigenvalue weighted by molar-refractivity contribution is 0.0975. The Hall–Kier alpha value is -2.34. The number of benzene rings is 3. The zero-order valence-corrected chi connectivity index (χ0v) is 15.9. The van der Waals surface area contributed by atoms with Crippen LogP contribution in [0.15, 0.2) is 72.8 Å². The van der Waals surface area contributed by atoms with Gasteiger partial charge in [-0.1, -0.05) is 42.0 Å². The first-order valence-corrected chi connectivity index (χ1v) is 9.22. The molecule has 0 bridgehead atoms. The number of aryl methyl sites for hydroxylation is 1. The molecule has 0 saturated carbocycles. The van der Waals surface area contributed by atoms with Gasteiger partial charge in [0.05, 0.1) is 5.56 Å². The smallest absolute Gasteiger partial charge is 0.262 e. The first kappa shape index (κ1) is 16.1. The van der Waals surface area contributed by atoms with Crippen LogP contribution in [0.25, 0.3) is 0 Å². The summed E-state index contributed by atoms with van der Waals surface area (Å²) < 4.78 is 1.14. The second-order valence-corrected chi connectivity index (χ2v) is 7.40. The van der Waals surface area contributed by atoms with Crippen molar-refractivity contribution in [3.63, 3.8) is 0 Å². The van der Waals surface area contributed by atoms with E-state index in [2.05, 4.69) is 59.1 Å². The predicted molar refractivity (Wildman–Crippen MR) is 110 cm³/mol. The molecule has 124 valence electrons. The van der Waals surface area contributed by atoms with Crippen LogP contribution in [0.1, 0.15) is 27.7 Å². The second-order valence-electron chi connectivity index (χ2n) is 6.15. The van der Waals surface area contributed by atoms with Gasteiger partial charge in [-0.3, -0.25) is 9.69 Å². The van der Waals surface area contributed by atoms with Crippen molar-refractivity contribution in [3.8, 4) is 0 Å². The molecule has 0 spiro atoms. The fourth-order valence-electron chi connectivity index (χ4n) is 3.10. The lowest BCUT2D eigenvalue weighted by atomic mass is 10.0. The molecule has 0 aromatic heterocycles. The average Bonchev–Trinajstić information content (AvgIpc) is 2.63. The SMILES string of the molecule is Cc1ccc([C@H]2Nc3ccccc3C(=O)N2c2ccc(I)cc2)cc1. The van der Waals surface area contributed by atoms with Gasteiger partial charge in [-0.05, 0) is 71.5 Å². The number of carbonyl (C=O) groups excluding carboxylic acids is 1. The Kier molecular flexibility index (Phi) is 4.21. The quantitative estimate of drug-likeness (QED) is 0.544. The van der Waals surface area contributed by atoms with Crippen molar-refractivity contribution in [2.45, 2.75) is 13.1 Å². The zero-order chi connectivity index (χ0) is 17.4. The molecule has 1 amide bonds. The number of carbonyl (C=O) groups is 1. The number of amides is 1. The zero-order valence-electron chi connectivity index (χ0n) is 13.7. The lowest BCUT2D eigenvalue weighted by Gasteiger charge is -2.38. The highest BCUT2D eigenvalue weighted by Gasteiger charge is 2.33. The molecule has 25 heavy (non-hydrogen) atoms. The number of anilines is 2. The minimum absolute atomic E-state index is 0.0149. The molecule has 0 radical (unpaired) electrons. The highest BCUT2D eigenvalue weighted by Crippen LogP contribution is 2.36. The van der Waals surface area contributed by atoms with Crippen molar-refractivity contribution in [2.24, 2.45) is 0 Å².